The Bertz CT molecular complexity index is 567. The smallest absolute Gasteiger partial charge is 0.207 e. The molecule has 1 aliphatic carbocycles. The molecule has 0 saturated heterocycles. The molecule has 1 saturated carbocycles. The summed E-state index contributed by atoms with van der Waals surface area (Å²) >= 11 is 5.60. The first-order chi connectivity index (χ1) is 9.24. The van der Waals surface area contributed by atoms with Crippen LogP contribution in [0.3, 0.4) is 0 Å². The molecule has 8 heteroatoms. The summed E-state index contributed by atoms with van der Waals surface area (Å²) in [4.78, 5) is -0.137. The van der Waals surface area contributed by atoms with Gasteiger partial charge in [-0.2, -0.15) is 17.5 Å². The highest BCUT2D eigenvalue weighted by Gasteiger charge is 2.44. The molecule has 0 amide bonds. The van der Waals surface area contributed by atoms with Crippen molar-refractivity contribution in [2.75, 3.05) is 6.54 Å². The predicted octanol–water partition coefficient (Wildman–Crippen LogP) is 3.14. The Balaban J connectivity index is 2.29. The second-order valence-corrected chi connectivity index (χ2v) is 6.83. The maximum Gasteiger partial charge on any atom is 0.402 e. The van der Waals surface area contributed by atoms with E-state index in [4.69, 9.17) is 11.6 Å². The van der Waals surface area contributed by atoms with Crippen molar-refractivity contribution in [1.29, 1.82) is 0 Å². The molecule has 0 spiro atoms. The molecule has 0 N–H and O–H groups in total. The quantitative estimate of drug-likeness (QED) is 0.779. The van der Waals surface area contributed by atoms with Gasteiger partial charge in [-0.15, -0.1) is 11.6 Å². The summed E-state index contributed by atoms with van der Waals surface area (Å²) in [5.74, 6) is 0.217. The second-order valence-electron chi connectivity index (χ2n) is 4.67. The van der Waals surface area contributed by atoms with Gasteiger partial charge in [0, 0.05) is 11.9 Å². The maximum absolute atomic E-state index is 12.5. The van der Waals surface area contributed by atoms with Crippen molar-refractivity contribution in [3.63, 3.8) is 0 Å². The number of halogens is 4. The number of hydrogen-bond acceptors (Lipinski definition) is 2. The van der Waals surface area contributed by atoms with Crippen LogP contribution < -0.4 is 0 Å². The van der Waals surface area contributed by atoms with E-state index < -0.39 is 28.8 Å². The van der Waals surface area contributed by atoms with Gasteiger partial charge >= 0.3 is 6.18 Å². The van der Waals surface area contributed by atoms with E-state index in [2.05, 4.69) is 0 Å². The van der Waals surface area contributed by atoms with Crippen molar-refractivity contribution in [2.24, 2.45) is 0 Å². The topological polar surface area (TPSA) is 37.4 Å². The Hall–Kier alpha value is -0.790. The van der Waals surface area contributed by atoms with Gasteiger partial charge in [-0.05, 0) is 30.5 Å². The third-order valence-electron chi connectivity index (χ3n) is 2.97. The van der Waals surface area contributed by atoms with E-state index in [9.17, 15) is 21.6 Å². The number of hydrogen-bond donors (Lipinski definition) is 0. The highest BCUT2D eigenvalue weighted by atomic mass is 35.5. The molecule has 20 heavy (non-hydrogen) atoms. The van der Waals surface area contributed by atoms with Crippen LogP contribution in [0.4, 0.5) is 13.2 Å². The van der Waals surface area contributed by atoms with Crippen LogP contribution in [0.1, 0.15) is 18.4 Å². The number of alkyl halides is 4. The van der Waals surface area contributed by atoms with Gasteiger partial charge in [0.2, 0.25) is 10.0 Å². The zero-order valence-electron chi connectivity index (χ0n) is 10.4. The largest absolute Gasteiger partial charge is 0.402 e. The fourth-order valence-electron chi connectivity index (χ4n) is 1.84. The SMILES string of the molecule is O=S(=O)(c1ccc(CCl)cc1)N(CC(F)(F)F)C1CC1. The molecule has 3 nitrogen and oxygen atoms in total. The Morgan fingerprint density at radius 2 is 1.75 bits per heavy atom. The van der Waals surface area contributed by atoms with Crippen LogP contribution in [-0.2, 0) is 15.9 Å². The summed E-state index contributed by atoms with van der Waals surface area (Å²) in [6, 6.07) is 5.03. The van der Waals surface area contributed by atoms with Crippen LogP contribution >= 0.6 is 11.6 Å². The molecule has 0 unspecified atom stereocenters. The molecule has 2 rings (SSSR count). The molecule has 0 aliphatic heterocycles. The Labute approximate surface area is 120 Å². The zero-order chi connectivity index (χ0) is 15.0. The van der Waals surface area contributed by atoms with E-state index >= 15 is 0 Å². The molecular formula is C12H13ClF3NO2S. The minimum Gasteiger partial charge on any atom is -0.207 e. The van der Waals surface area contributed by atoms with Gasteiger partial charge in [0.1, 0.15) is 6.54 Å². The first-order valence-electron chi connectivity index (χ1n) is 5.97. The van der Waals surface area contributed by atoms with E-state index in [-0.39, 0.29) is 10.8 Å². The molecular weight excluding hydrogens is 315 g/mol. The lowest BCUT2D eigenvalue weighted by molar-refractivity contribution is -0.137. The first kappa shape index (κ1) is 15.6. The van der Waals surface area contributed by atoms with Gasteiger partial charge < -0.3 is 0 Å². The van der Waals surface area contributed by atoms with Gasteiger partial charge in [-0.3, -0.25) is 0 Å². The Kier molecular flexibility index (Phi) is 4.32. The predicted molar refractivity (Wildman–Crippen MR) is 69.0 cm³/mol. The molecule has 1 aromatic rings. The lowest BCUT2D eigenvalue weighted by atomic mass is 10.2. The molecule has 0 aromatic heterocycles. The van der Waals surface area contributed by atoms with Crippen molar-refractivity contribution in [3.8, 4) is 0 Å². The van der Waals surface area contributed by atoms with Gasteiger partial charge in [0.15, 0.2) is 0 Å². The summed E-state index contributed by atoms with van der Waals surface area (Å²) in [6.07, 6.45) is -3.62. The van der Waals surface area contributed by atoms with Gasteiger partial charge in [0.05, 0.1) is 4.90 Å². The summed E-state index contributed by atoms with van der Waals surface area (Å²) < 4.78 is 62.7. The third-order valence-corrected chi connectivity index (χ3v) is 5.19. The minimum absolute atomic E-state index is 0.137. The van der Waals surface area contributed by atoms with Crippen LogP contribution in [0.25, 0.3) is 0 Å². The lowest BCUT2D eigenvalue weighted by Gasteiger charge is -2.23. The average molecular weight is 328 g/mol. The van der Waals surface area contributed by atoms with Crippen molar-refractivity contribution in [1.82, 2.24) is 4.31 Å². The van der Waals surface area contributed by atoms with Gasteiger partial charge in [-0.1, -0.05) is 12.1 Å². The molecule has 0 bridgehead atoms. The highest BCUT2D eigenvalue weighted by Crippen LogP contribution is 2.34. The summed E-state index contributed by atoms with van der Waals surface area (Å²) in [5, 5.41) is 0. The Morgan fingerprint density at radius 1 is 1.20 bits per heavy atom. The molecule has 1 aliphatic rings. The summed E-state index contributed by atoms with van der Waals surface area (Å²) in [5.41, 5.74) is 0.708. The average Bonchev–Trinajstić information content (AvgIpc) is 3.19. The molecule has 0 atom stereocenters. The number of benzene rings is 1. The minimum atomic E-state index is -4.55. The molecule has 1 aromatic carbocycles. The number of sulfonamides is 1. The fraction of sp³-hybridized carbons (Fsp3) is 0.500. The lowest BCUT2D eigenvalue weighted by Crippen LogP contribution is -2.40. The fourth-order valence-corrected chi connectivity index (χ4v) is 3.68. The van der Waals surface area contributed by atoms with Gasteiger partial charge in [-0.25, -0.2) is 8.42 Å². The van der Waals surface area contributed by atoms with E-state index in [0.29, 0.717) is 22.7 Å². The van der Waals surface area contributed by atoms with Crippen molar-refractivity contribution in [2.45, 2.75) is 35.8 Å². The van der Waals surface area contributed by atoms with Crippen molar-refractivity contribution in [3.05, 3.63) is 29.8 Å². The van der Waals surface area contributed by atoms with E-state index in [1.165, 1.54) is 24.3 Å². The normalized spacial score (nSPS) is 16.6. The second kappa shape index (κ2) is 5.54. The van der Waals surface area contributed by atoms with Crippen LogP contribution in [-0.4, -0.2) is 31.5 Å². The maximum atomic E-state index is 12.5. The molecule has 112 valence electrons. The van der Waals surface area contributed by atoms with Crippen LogP contribution in [0.2, 0.25) is 0 Å². The highest BCUT2D eigenvalue weighted by molar-refractivity contribution is 7.89. The summed E-state index contributed by atoms with van der Waals surface area (Å²) in [7, 11) is -4.13. The standard InChI is InChI=1S/C12H13ClF3NO2S/c13-7-9-1-5-11(6-2-9)20(18,19)17(10-3-4-10)8-12(14,15)16/h1-2,5-6,10H,3-4,7-8H2. The van der Waals surface area contributed by atoms with Crippen molar-refractivity contribution >= 4 is 21.6 Å². The van der Waals surface area contributed by atoms with Crippen LogP contribution in [0.5, 0.6) is 0 Å². The van der Waals surface area contributed by atoms with Crippen LogP contribution in [0.15, 0.2) is 29.2 Å². The number of nitrogens with zero attached hydrogens (tertiary/aromatic N) is 1. The monoisotopic (exact) mass is 327 g/mol. The van der Waals surface area contributed by atoms with Crippen molar-refractivity contribution < 1.29 is 21.6 Å². The van der Waals surface area contributed by atoms with Crippen LogP contribution in [0, 0.1) is 0 Å². The summed E-state index contributed by atoms with van der Waals surface area (Å²) in [6.45, 7) is -1.45. The first-order valence-corrected chi connectivity index (χ1v) is 7.95. The van der Waals surface area contributed by atoms with Gasteiger partial charge in [0.25, 0.3) is 0 Å². The molecule has 1 fully saturated rings. The Morgan fingerprint density at radius 3 is 2.15 bits per heavy atom. The zero-order valence-corrected chi connectivity index (χ0v) is 12.0. The van der Waals surface area contributed by atoms with E-state index in [0.717, 1.165) is 0 Å². The third kappa shape index (κ3) is 3.65. The van der Waals surface area contributed by atoms with E-state index in [1.54, 1.807) is 0 Å². The number of rotatable bonds is 5. The van der Waals surface area contributed by atoms with E-state index in [1.807, 2.05) is 0 Å². The molecule has 0 heterocycles. The molecule has 0 radical (unpaired) electrons.